The van der Waals surface area contributed by atoms with Crippen molar-refractivity contribution >= 4 is 47.2 Å². The summed E-state index contributed by atoms with van der Waals surface area (Å²) in [5, 5.41) is 7.01. The van der Waals surface area contributed by atoms with Crippen LogP contribution in [0.2, 0.25) is 10.0 Å². The molecule has 9 heteroatoms. The second kappa shape index (κ2) is 11.3. The summed E-state index contributed by atoms with van der Waals surface area (Å²) >= 11 is 11.8. The van der Waals surface area contributed by atoms with E-state index in [0.717, 1.165) is 5.56 Å². The fraction of sp³-hybridized carbons (Fsp3) is 0.0833. The van der Waals surface area contributed by atoms with E-state index in [1.54, 1.807) is 42.5 Å². The summed E-state index contributed by atoms with van der Waals surface area (Å²) in [5.74, 6) is -1.11. The Morgan fingerprint density at radius 3 is 2.39 bits per heavy atom. The van der Waals surface area contributed by atoms with Gasteiger partial charge >= 0.3 is 5.97 Å². The van der Waals surface area contributed by atoms with Crippen molar-refractivity contribution in [2.75, 3.05) is 6.54 Å². The maximum atomic E-state index is 12.2. The molecule has 3 aromatic rings. The van der Waals surface area contributed by atoms with Crippen LogP contribution in [-0.2, 0) is 4.79 Å². The van der Waals surface area contributed by atoms with Crippen LogP contribution < -0.4 is 15.5 Å². The van der Waals surface area contributed by atoms with Crippen LogP contribution in [0, 0.1) is 6.92 Å². The van der Waals surface area contributed by atoms with Gasteiger partial charge in [0.25, 0.3) is 11.8 Å². The highest BCUT2D eigenvalue weighted by Gasteiger charge is 2.13. The van der Waals surface area contributed by atoms with Gasteiger partial charge in [0.05, 0.1) is 23.3 Å². The molecule has 3 aromatic carbocycles. The van der Waals surface area contributed by atoms with Crippen LogP contribution in [0.5, 0.6) is 5.75 Å². The number of hydrogen-bond acceptors (Lipinski definition) is 5. The van der Waals surface area contributed by atoms with Crippen LogP contribution in [0.15, 0.2) is 71.8 Å². The maximum Gasteiger partial charge on any atom is 0.345 e. The quantitative estimate of drug-likeness (QED) is 0.225. The minimum Gasteiger partial charge on any atom is -0.423 e. The molecule has 0 aliphatic rings. The lowest BCUT2D eigenvalue weighted by Gasteiger charge is -2.07. The first-order valence-corrected chi connectivity index (χ1v) is 10.5. The van der Waals surface area contributed by atoms with E-state index in [4.69, 9.17) is 27.9 Å². The van der Waals surface area contributed by atoms with E-state index in [1.807, 2.05) is 19.1 Å². The number of benzene rings is 3. The number of hydrogen-bond donors (Lipinski definition) is 2. The van der Waals surface area contributed by atoms with Gasteiger partial charge in [-0.2, -0.15) is 5.10 Å². The van der Waals surface area contributed by atoms with Crippen LogP contribution >= 0.6 is 23.2 Å². The van der Waals surface area contributed by atoms with Gasteiger partial charge in [-0.25, -0.2) is 10.2 Å². The van der Waals surface area contributed by atoms with Crippen LogP contribution in [0.1, 0.15) is 31.8 Å². The molecule has 0 atom stereocenters. The third kappa shape index (κ3) is 6.90. The number of carbonyl (C=O) groups is 3. The van der Waals surface area contributed by atoms with Crippen LogP contribution in [0.4, 0.5) is 0 Å². The number of amides is 2. The van der Waals surface area contributed by atoms with Gasteiger partial charge in [0.15, 0.2) is 0 Å². The smallest absolute Gasteiger partial charge is 0.345 e. The molecule has 33 heavy (non-hydrogen) atoms. The van der Waals surface area contributed by atoms with Gasteiger partial charge in [-0.3, -0.25) is 9.59 Å². The molecule has 2 amide bonds. The fourth-order valence-corrected chi connectivity index (χ4v) is 3.23. The second-order valence-electron chi connectivity index (χ2n) is 6.87. The standard InChI is InChI=1S/C24H19Cl2N3O4/c1-15-4-2-3-5-19(15)23(31)27-14-22(30)29-28-13-16-6-9-18(10-7-16)33-24(32)20-11-8-17(25)12-21(20)26/h2-13H,14H2,1H3,(H,27,31)(H,29,30)/b28-13-. The van der Waals surface area contributed by atoms with E-state index in [2.05, 4.69) is 15.8 Å². The van der Waals surface area contributed by atoms with Crippen molar-refractivity contribution in [3.8, 4) is 5.75 Å². The first-order valence-electron chi connectivity index (χ1n) is 9.76. The number of carbonyl (C=O) groups excluding carboxylic acids is 3. The average Bonchev–Trinajstić information content (AvgIpc) is 2.79. The molecule has 168 valence electrons. The molecule has 0 saturated heterocycles. The number of nitrogens with one attached hydrogen (secondary N) is 2. The topological polar surface area (TPSA) is 96.9 Å². The van der Waals surface area contributed by atoms with Crippen molar-refractivity contribution in [1.29, 1.82) is 0 Å². The van der Waals surface area contributed by atoms with E-state index in [1.165, 1.54) is 18.3 Å². The van der Waals surface area contributed by atoms with Crippen molar-refractivity contribution in [3.05, 3.63) is 99.0 Å². The highest BCUT2D eigenvalue weighted by Crippen LogP contribution is 2.23. The Hall–Kier alpha value is -3.68. The van der Waals surface area contributed by atoms with Crippen molar-refractivity contribution < 1.29 is 19.1 Å². The Morgan fingerprint density at radius 1 is 0.970 bits per heavy atom. The molecule has 2 N–H and O–H groups in total. The van der Waals surface area contributed by atoms with Gasteiger partial charge in [0.1, 0.15) is 5.75 Å². The van der Waals surface area contributed by atoms with Gasteiger partial charge in [-0.1, -0.05) is 41.4 Å². The molecule has 0 saturated carbocycles. The minimum absolute atomic E-state index is 0.196. The molecule has 0 radical (unpaired) electrons. The third-order valence-electron chi connectivity index (χ3n) is 4.44. The van der Waals surface area contributed by atoms with E-state index < -0.39 is 11.9 Å². The molecule has 0 aliphatic heterocycles. The normalized spacial score (nSPS) is 10.6. The molecule has 0 unspecified atom stereocenters. The Bertz CT molecular complexity index is 1210. The van der Waals surface area contributed by atoms with Gasteiger partial charge in [0, 0.05) is 10.6 Å². The van der Waals surface area contributed by atoms with Crippen molar-refractivity contribution in [1.82, 2.24) is 10.7 Å². The number of aryl methyl sites for hydroxylation is 1. The van der Waals surface area contributed by atoms with Gasteiger partial charge < -0.3 is 10.1 Å². The summed E-state index contributed by atoms with van der Waals surface area (Å²) in [6.07, 6.45) is 1.42. The number of nitrogens with zero attached hydrogens (tertiary/aromatic N) is 1. The number of ether oxygens (including phenoxy) is 1. The summed E-state index contributed by atoms with van der Waals surface area (Å²) in [5.41, 5.74) is 4.52. The molecule has 0 spiro atoms. The summed E-state index contributed by atoms with van der Waals surface area (Å²) in [7, 11) is 0. The molecule has 0 fully saturated rings. The minimum atomic E-state index is -0.613. The van der Waals surface area contributed by atoms with Crippen LogP contribution in [0.25, 0.3) is 0 Å². The van der Waals surface area contributed by atoms with Crippen molar-refractivity contribution in [2.24, 2.45) is 5.10 Å². The summed E-state index contributed by atoms with van der Waals surface area (Å²) in [4.78, 5) is 36.3. The SMILES string of the molecule is Cc1ccccc1C(=O)NCC(=O)N/N=C\c1ccc(OC(=O)c2ccc(Cl)cc2Cl)cc1. The van der Waals surface area contributed by atoms with E-state index in [9.17, 15) is 14.4 Å². The molecule has 0 heterocycles. The first kappa shape index (κ1) is 24.0. The summed E-state index contributed by atoms with van der Waals surface area (Å²) in [6.45, 7) is 1.60. The Balaban J connectivity index is 1.47. The number of esters is 1. The third-order valence-corrected chi connectivity index (χ3v) is 4.99. The number of rotatable bonds is 7. The fourth-order valence-electron chi connectivity index (χ4n) is 2.74. The summed E-state index contributed by atoms with van der Waals surface area (Å²) < 4.78 is 5.30. The molecular weight excluding hydrogens is 465 g/mol. The number of halogens is 2. The second-order valence-corrected chi connectivity index (χ2v) is 7.72. The molecular formula is C24H19Cl2N3O4. The predicted octanol–water partition coefficient (Wildman–Crippen LogP) is 4.40. The lowest BCUT2D eigenvalue weighted by Crippen LogP contribution is -2.35. The van der Waals surface area contributed by atoms with E-state index in [-0.39, 0.29) is 23.0 Å². The zero-order chi connectivity index (χ0) is 23.8. The Labute approximate surface area is 200 Å². The van der Waals surface area contributed by atoms with Crippen LogP contribution in [0.3, 0.4) is 0 Å². The lowest BCUT2D eigenvalue weighted by molar-refractivity contribution is -0.120. The highest BCUT2D eigenvalue weighted by atomic mass is 35.5. The maximum absolute atomic E-state index is 12.2. The number of hydrazone groups is 1. The van der Waals surface area contributed by atoms with Crippen LogP contribution in [-0.4, -0.2) is 30.5 Å². The van der Waals surface area contributed by atoms with E-state index >= 15 is 0 Å². The zero-order valence-corrected chi connectivity index (χ0v) is 19.0. The van der Waals surface area contributed by atoms with Gasteiger partial charge in [0.2, 0.25) is 0 Å². The van der Waals surface area contributed by atoms with E-state index in [0.29, 0.717) is 21.9 Å². The Kier molecular flexibility index (Phi) is 8.18. The molecule has 0 bridgehead atoms. The summed E-state index contributed by atoms with van der Waals surface area (Å²) in [6, 6.07) is 18.0. The largest absolute Gasteiger partial charge is 0.423 e. The molecule has 7 nitrogen and oxygen atoms in total. The first-order chi connectivity index (χ1) is 15.8. The van der Waals surface area contributed by atoms with Crippen molar-refractivity contribution in [2.45, 2.75) is 6.92 Å². The molecule has 0 aliphatic carbocycles. The van der Waals surface area contributed by atoms with Gasteiger partial charge in [-0.05, 0) is 66.6 Å². The van der Waals surface area contributed by atoms with Crippen molar-refractivity contribution in [3.63, 3.8) is 0 Å². The molecule has 3 rings (SSSR count). The lowest BCUT2D eigenvalue weighted by atomic mass is 10.1. The monoisotopic (exact) mass is 483 g/mol. The Morgan fingerprint density at radius 2 is 1.70 bits per heavy atom. The predicted molar refractivity (Wildman–Crippen MR) is 127 cm³/mol. The molecule has 0 aromatic heterocycles. The zero-order valence-electron chi connectivity index (χ0n) is 17.5. The average molecular weight is 484 g/mol. The van der Waals surface area contributed by atoms with Gasteiger partial charge in [-0.15, -0.1) is 0 Å². The highest BCUT2D eigenvalue weighted by molar-refractivity contribution is 6.36.